The van der Waals surface area contributed by atoms with E-state index in [2.05, 4.69) is 10.3 Å². The number of anilines is 1. The molecule has 2 aliphatic rings. The molecule has 5 rings (SSSR count). The number of pyridine rings is 1. The van der Waals surface area contributed by atoms with Gasteiger partial charge in [0.1, 0.15) is 6.61 Å². The Morgan fingerprint density at radius 3 is 2.73 bits per heavy atom. The van der Waals surface area contributed by atoms with Crippen LogP contribution in [0, 0.1) is 18.7 Å². The van der Waals surface area contributed by atoms with Crippen LogP contribution in [0.15, 0.2) is 48.5 Å². The van der Waals surface area contributed by atoms with Gasteiger partial charge in [-0.25, -0.2) is 4.39 Å². The van der Waals surface area contributed by atoms with Crippen molar-refractivity contribution in [3.8, 4) is 5.75 Å². The van der Waals surface area contributed by atoms with Crippen LogP contribution in [0.1, 0.15) is 29.3 Å². The molecule has 0 unspecified atom stereocenters. The third-order valence-electron chi connectivity index (χ3n) is 5.80. The van der Waals surface area contributed by atoms with Crippen molar-refractivity contribution in [2.75, 3.05) is 11.9 Å². The van der Waals surface area contributed by atoms with Crippen LogP contribution >= 0.6 is 0 Å². The van der Waals surface area contributed by atoms with Crippen LogP contribution in [0.2, 0.25) is 0 Å². The smallest absolute Gasteiger partial charge is 0.394 e. The van der Waals surface area contributed by atoms with Gasteiger partial charge < -0.3 is 10.1 Å². The maximum atomic E-state index is 14.3. The van der Waals surface area contributed by atoms with Crippen molar-refractivity contribution in [3.05, 3.63) is 71.2 Å². The summed E-state index contributed by atoms with van der Waals surface area (Å²) in [5, 5.41) is 3.84. The number of aromatic nitrogens is 1. The van der Waals surface area contributed by atoms with E-state index in [0.717, 1.165) is 11.1 Å². The van der Waals surface area contributed by atoms with Gasteiger partial charge in [-0.05, 0) is 60.9 Å². The molecule has 30 heavy (non-hydrogen) atoms. The first-order chi connectivity index (χ1) is 14.3. The molecule has 0 amide bonds. The van der Waals surface area contributed by atoms with Gasteiger partial charge in [-0.3, -0.25) is 4.98 Å². The molecule has 0 fully saturated rings. The molecule has 2 heterocycles. The fourth-order valence-corrected chi connectivity index (χ4v) is 4.42. The number of rotatable bonds is 2. The van der Waals surface area contributed by atoms with E-state index in [0.29, 0.717) is 27.9 Å². The second-order valence-electron chi connectivity index (χ2n) is 7.68. The topological polar surface area (TPSA) is 34.1 Å². The summed E-state index contributed by atoms with van der Waals surface area (Å²) in [4.78, 5) is 4.46. The minimum atomic E-state index is -4.43. The van der Waals surface area contributed by atoms with Gasteiger partial charge in [-0.1, -0.05) is 12.1 Å². The highest BCUT2D eigenvalue weighted by molar-refractivity contribution is 5.92. The Labute approximate surface area is 170 Å². The van der Waals surface area contributed by atoms with E-state index in [1.807, 2.05) is 25.1 Å². The predicted octanol–water partition coefficient (Wildman–Crippen LogP) is 6.19. The molecular weight excluding hydrogens is 396 g/mol. The van der Waals surface area contributed by atoms with Crippen molar-refractivity contribution in [1.29, 1.82) is 0 Å². The van der Waals surface area contributed by atoms with E-state index in [1.165, 1.54) is 12.1 Å². The van der Waals surface area contributed by atoms with Crippen molar-refractivity contribution >= 4 is 22.2 Å². The van der Waals surface area contributed by atoms with Crippen molar-refractivity contribution in [1.82, 2.24) is 4.98 Å². The van der Waals surface area contributed by atoms with E-state index in [9.17, 15) is 17.6 Å². The van der Waals surface area contributed by atoms with Gasteiger partial charge in [0.15, 0.2) is 11.6 Å². The van der Waals surface area contributed by atoms with Crippen LogP contribution in [0.4, 0.5) is 23.2 Å². The highest BCUT2D eigenvalue weighted by Crippen LogP contribution is 2.53. The van der Waals surface area contributed by atoms with Crippen LogP contribution < -0.4 is 10.1 Å². The Balaban J connectivity index is 1.67. The first-order valence-corrected chi connectivity index (χ1v) is 9.67. The SMILES string of the molecule is Cc1ccc2c(N[C@H]3c4ccc(F)c5c4C(=CCO5)C[C@H]3C(F)(F)F)cccc2n1. The van der Waals surface area contributed by atoms with E-state index in [1.54, 1.807) is 18.2 Å². The molecule has 1 N–H and O–H groups in total. The van der Waals surface area contributed by atoms with Gasteiger partial charge in [0.05, 0.1) is 17.5 Å². The summed E-state index contributed by atoms with van der Waals surface area (Å²) >= 11 is 0. The highest BCUT2D eigenvalue weighted by Gasteiger charge is 2.50. The molecule has 1 aromatic heterocycles. The molecule has 3 nitrogen and oxygen atoms in total. The first-order valence-electron chi connectivity index (χ1n) is 9.67. The molecule has 3 aromatic rings. The molecule has 154 valence electrons. The molecule has 0 spiro atoms. The molecule has 2 atom stereocenters. The molecule has 0 radical (unpaired) electrons. The van der Waals surface area contributed by atoms with Crippen LogP contribution in [0.5, 0.6) is 5.75 Å². The third kappa shape index (κ3) is 3.00. The molecular formula is C23H18F4N2O. The number of ether oxygens (including phenoxy) is 1. The lowest BCUT2D eigenvalue weighted by Gasteiger charge is -2.39. The van der Waals surface area contributed by atoms with E-state index in [4.69, 9.17) is 4.74 Å². The van der Waals surface area contributed by atoms with Crippen molar-refractivity contribution in [2.24, 2.45) is 5.92 Å². The summed E-state index contributed by atoms with van der Waals surface area (Å²) in [5.74, 6) is -2.18. The zero-order chi connectivity index (χ0) is 21.0. The number of fused-ring (bicyclic) bond motifs is 1. The quantitative estimate of drug-likeness (QED) is 0.508. The lowest BCUT2D eigenvalue weighted by atomic mass is 9.75. The number of hydrogen-bond donors (Lipinski definition) is 1. The fourth-order valence-electron chi connectivity index (χ4n) is 4.42. The summed E-state index contributed by atoms with van der Waals surface area (Å²) in [6, 6.07) is 10.5. The number of hydrogen-bond acceptors (Lipinski definition) is 3. The van der Waals surface area contributed by atoms with Gasteiger partial charge in [0.2, 0.25) is 0 Å². The van der Waals surface area contributed by atoms with Gasteiger partial charge in [0, 0.05) is 22.3 Å². The average molecular weight is 414 g/mol. The number of nitrogens with zero attached hydrogens (tertiary/aromatic N) is 1. The van der Waals surface area contributed by atoms with Crippen LogP contribution in [0.3, 0.4) is 0 Å². The zero-order valence-electron chi connectivity index (χ0n) is 16.1. The van der Waals surface area contributed by atoms with Gasteiger partial charge in [-0.15, -0.1) is 0 Å². The Bertz CT molecular complexity index is 1190. The first kappa shape index (κ1) is 18.9. The zero-order valence-corrected chi connectivity index (χ0v) is 16.1. The van der Waals surface area contributed by atoms with Crippen molar-refractivity contribution < 1.29 is 22.3 Å². The number of nitrogens with one attached hydrogen (secondary N) is 1. The minimum Gasteiger partial charge on any atom is -0.486 e. The van der Waals surface area contributed by atoms with Gasteiger partial charge in [-0.2, -0.15) is 13.2 Å². The van der Waals surface area contributed by atoms with E-state index >= 15 is 0 Å². The molecule has 0 saturated heterocycles. The second kappa shape index (κ2) is 6.72. The Hall–Kier alpha value is -3.09. The number of benzene rings is 2. The minimum absolute atomic E-state index is 0.0348. The Morgan fingerprint density at radius 1 is 1.10 bits per heavy atom. The van der Waals surface area contributed by atoms with Crippen LogP contribution in [-0.2, 0) is 0 Å². The summed E-state index contributed by atoms with van der Waals surface area (Å²) < 4.78 is 62.0. The Morgan fingerprint density at radius 2 is 1.93 bits per heavy atom. The number of aryl methyl sites for hydroxylation is 1. The molecule has 1 aliphatic carbocycles. The summed E-state index contributed by atoms with van der Waals surface area (Å²) in [7, 11) is 0. The molecule has 0 saturated carbocycles. The largest absolute Gasteiger partial charge is 0.486 e. The monoisotopic (exact) mass is 414 g/mol. The standard InChI is InChI=1S/C23H18F4N2O/c1-12-5-6-14-18(28-12)3-2-4-19(14)29-21-15-7-8-17(24)22-20(15)13(9-10-30-22)11-16(21)23(25,26)27/h2-9,16,21,29H,10-11H2,1H3/t16-,21+/m1/s1. The molecule has 1 aliphatic heterocycles. The second-order valence-corrected chi connectivity index (χ2v) is 7.68. The number of halogens is 4. The lowest BCUT2D eigenvalue weighted by Crippen LogP contribution is -2.37. The third-order valence-corrected chi connectivity index (χ3v) is 5.80. The number of alkyl halides is 3. The van der Waals surface area contributed by atoms with Gasteiger partial charge >= 0.3 is 6.18 Å². The van der Waals surface area contributed by atoms with Gasteiger partial charge in [0.25, 0.3) is 0 Å². The number of allylic oxidation sites excluding steroid dienone is 1. The van der Waals surface area contributed by atoms with E-state index in [-0.39, 0.29) is 18.8 Å². The van der Waals surface area contributed by atoms with Crippen LogP contribution in [0.25, 0.3) is 16.5 Å². The summed E-state index contributed by atoms with van der Waals surface area (Å²) in [6.07, 6.45) is -3.04. The van der Waals surface area contributed by atoms with Crippen LogP contribution in [-0.4, -0.2) is 17.8 Å². The average Bonchev–Trinajstić information content (AvgIpc) is 2.70. The fraction of sp³-hybridized carbons (Fsp3) is 0.261. The molecule has 7 heteroatoms. The van der Waals surface area contributed by atoms with Crippen molar-refractivity contribution in [3.63, 3.8) is 0 Å². The Kier molecular flexibility index (Phi) is 4.24. The van der Waals surface area contributed by atoms with Crippen molar-refractivity contribution in [2.45, 2.75) is 25.6 Å². The normalized spacial score (nSPS) is 20.4. The molecule has 0 bridgehead atoms. The summed E-state index contributed by atoms with van der Waals surface area (Å²) in [5.41, 5.74) is 3.40. The summed E-state index contributed by atoms with van der Waals surface area (Å²) in [6.45, 7) is 1.93. The van der Waals surface area contributed by atoms with E-state index < -0.39 is 24.0 Å². The molecule has 2 aromatic carbocycles. The highest BCUT2D eigenvalue weighted by atomic mass is 19.4. The lowest BCUT2D eigenvalue weighted by molar-refractivity contribution is -0.178. The predicted molar refractivity (Wildman–Crippen MR) is 107 cm³/mol. The maximum Gasteiger partial charge on any atom is 0.394 e. The maximum absolute atomic E-state index is 14.3.